The highest BCUT2D eigenvalue weighted by Gasteiger charge is 2.20. The van der Waals surface area contributed by atoms with E-state index in [4.69, 9.17) is 10.5 Å². The fourth-order valence-corrected chi connectivity index (χ4v) is 2.32. The Hall–Kier alpha value is -1.29. The van der Waals surface area contributed by atoms with Crippen LogP contribution in [0.1, 0.15) is 12.8 Å². The average molecular weight is 238 g/mol. The van der Waals surface area contributed by atoms with Gasteiger partial charge >= 0.3 is 0 Å². The zero-order chi connectivity index (χ0) is 12.3. The third kappa shape index (κ3) is 2.69. The Kier molecular flexibility index (Phi) is 3.84. The Morgan fingerprint density at radius 2 is 2.12 bits per heavy atom. The van der Waals surface area contributed by atoms with Crippen LogP contribution in [0.4, 0.5) is 10.1 Å². The zero-order valence-electron chi connectivity index (χ0n) is 10.2. The minimum atomic E-state index is -0.262. The average Bonchev–Trinajstić information content (AvgIpc) is 2.39. The summed E-state index contributed by atoms with van der Waals surface area (Å²) in [6, 6.07) is 4.70. The van der Waals surface area contributed by atoms with Gasteiger partial charge in [-0.15, -0.1) is 0 Å². The number of anilines is 1. The van der Waals surface area contributed by atoms with E-state index >= 15 is 0 Å². The fraction of sp³-hybridized carbons (Fsp3) is 0.538. The summed E-state index contributed by atoms with van der Waals surface area (Å²) in [6.45, 7) is 2.68. The second-order valence-corrected chi connectivity index (χ2v) is 4.48. The number of hydrogen-bond acceptors (Lipinski definition) is 3. The Balaban J connectivity index is 2.12. The summed E-state index contributed by atoms with van der Waals surface area (Å²) in [5.74, 6) is 0.969. The van der Waals surface area contributed by atoms with Crippen molar-refractivity contribution >= 4 is 5.69 Å². The molecule has 1 aromatic carbocycles. The molecular weight excluding hydrogens is 219 g/mol. The predicted octanol–water partition coefficient (Wildman–Crippen LogP) is 2.01. The Labute approximate surface area is 101 Å². The van der Waals surface area contributed by atoms with E-state index in [9.17, 15) is 4.39 Å². The monoisotopic (exact) mass is 238 g/mol. The second kappa shape index (κ2) is 5.36. The first-order valence-corrected chi connectivity index (χ1v) is 6.03. The first kappa shape index (κ1) is 12.2. The van der Waals surface area contributed by atoms with E-state index in [1.807, 2.05) is 0 Å². The maximum atomic E-state index is 13.1. The van der Waals surface area contributed by atoms with Crippen LogP contribution >= 0.6 is 0 Å². The van der Waals surface area contributed by atoms with Crippen LogP contribution in [0.2, 0.25) is 0 Å². The molecule has 1 aromatic rings. The van der Waals surface area contributed by atoms with E-state index < -0.39 is 0 Å². The minimum Gasteiger partial charge on any atom is -0.494 e. The van der Waals surface area contributed by atoms with Crippen LogP contribution in [-0.4, -0.2) is 26.7 Å². The number of piperidine rings is 1. The molecule has 17 heavy (non-hydrogen) atoms. The third-order valence-corrected chi connectivity index (χ3v) is 3.43. The molecule has 4 heteroatoms. The van der Waals surface area contributed by atoms with Crippen molar-refractivity contribution in [2.24, 2.45) is 11.7 Å². The van der Waals surface area contributed by atoms with Crippen molar-refractivity contribution < 1.29 is 9.13 Å². The molecule has 0 aromatic heterocycles. The molecule has 0 amide bonds. The Bertz CT molecular complexity index is 376. The van der Waals surface area contributed by atoms with Gasteiger partial charge in [0.25, 0.3) is 0 Å². The van der Waals surface area contributed by atoms with Crippen LogP contribution in [-0.2, 0) is 0 Å². The van der Waals surface area contributed by atoms with Crippen LogP contribution < -0.4 is 15.4 Å². The maximum Gasteiger partial charge on any atom is 0.145 e. The second-order valence-electron chi connectivity index (χ2n) is 4.48. The summed E-state index contributed by atoms with van der Waals surface area (Å²) in [5, 5.41) is 0. The van der Waals surface area contributed by atoms with Crippen molar-refractivity contribution in [1.29, 1.82) is 0 Å². The summed E-state index contributed by atoms with van der Waals surface area (Å²) in [7, 11) is 1.57. The normalized spacial score (nSPS) is 17.2. The van der Waals surface area contributed by atoms with Gasteiger partial charge in [0.15, 0.2) is 0 Å². The van der Waals surface area contributed by atoms with Crippen molar-refractivity contribution in [2.45, 2.75) is 12.8 Å². The van der Waals surface area contributed by atoms with Crippen LogP contribution in [0, 0.1) is 11.7 Å². The largest absolute Gasteiger partial charge is 0.494 e. The van der Waals surface area contributed by atoms with Gasteiger partial charge in [-0.25, -0.2) is 4.39 Å². The number of rotatable bonds is 3. The standard InChI is InChI=1S/C13H19FN2O/c1-17-13-8-11(14)2-3-12(13)16-6-4-10(9-15)5-7-16/h2-3,8,10H,4-7,9,15H2,1H3. The SMILES string of the molecule is COc1cc(F)ccc1N1CCC(CN)CC1. The summed E-state index contributed by atoms with van der Waals surface area (Å²) < 4.78 is 18.3. The number of benzene rings is 1. The molecule has 1 aliphatic rings. The molecular formula is C13H19FN2O. The third-order valence-electron chi connectivity index (χ3n) is 3.43. The van der Waals surface area contributed by atoms with Gasteiger partial charge < -0.3 is 15.4 Å². The van der Waals surface area contributed by atoms with E-state index in [2.05, 4.69) is 4.90 Å². The van der Waals surface area contributed by atoms with Crippen LogP contribution in [0.15, 0.2) is 18.2 Å². The van der Waals surface area contributed by atoms with Gasteiger partial charge in [0.05, 0.1) is 12.8 Å². The molecule has 94 valence electrons. The molecule has 1 aliphatic heterocycles. The summed E-state index contributed by atoms with van der Waals surface area (Å²) >= 11 is 0. The number of methoxy groups -OCH3 is 1. The number of nitrogens with two attached hydrogens (primary N) is 1. The molecule has 3 nitrogen and oxygen atoms in total. The quantitative estimate of drug-likeness (QED) is 0.875. The molecule has 0 atom stereocenters. The molecule has 0 bridgehead atoms. The van der Waals surface area contributed by atoms with Gasteiger partial charge in [-0.1, -0.05) is 0 Å². The smallest absolute Gasteiger partial charge is 0.145 e. The first-order chi connectivity index (χ1) is 8.24. The number of nitrogens with zero attached hydrogens (tertiary/aromatic N) is 1. The van der Waals surface area contributed by atoms with Gasteiger partial charge in [-0.3, -0.25) is 0 Å². The highest BCUT2D eigenvalue weighted by molar-refractivity contribution is 5.58. The highest BCUT2D eigenvalue weighted by atomic mass is 19.1. The van der Waals surface area contributed by atoms with E-state index in [1.165, 1.54) is 12.1 Å². The molecule has 1 heterocycles. The summed E-state index contributed by atoms with van der Waals surface area (Å²) in [6.07, 6.45) is 2.19. The Morgan fingerprint density at radius 1 is 1.41 bits per heavy atom. The van der Waals surface area contributed by atoms with Gasteiger partial charge in [-0.2, -0.15) is 0 Å². The zero-order valence-corrected chi connectivity index (χ0v) is 10.2. The highest BCUT2D eigenvalue weighted by Crippen LogP contribution is 2.31. The number of hydrogen-bond donors (Lipinski definition) is 1. The van der Waals surface area contributed by atoms with Gasteiger partial charge in [0, 0.05) is 19.2 Å². The fourth-order valence-electron chi connectivity index (χ4n) is 2.32. The van der Waals surface area contributed by atoms with E-state index in [0.717, 1.165) is 38.2 Å². The summed E-state index contributed by atoms with van der Waals surface area (Å²) in [5.41, 5.74) is 6.65. The molecule has 0 unspecified atom stereocenters. The van der Waals surface area contributed by atoms with Crippen molar-refractivity contribution in [3.05, 3.63) is 24.0 Å². The van der Waals surface area contributed by atoms with E-state index in [1.54, 1.807) is 13.2 Å². The minimum absolute atomic E-state index is 0.262. The van der Waals surface area contributed by atoms with Crippen LogP contribution in [0.25, 0.3) is 0 Å². The number of halogens is 1. The number of ether oxygens (including phenoxy) is 1. The lowest BCUT2D eigenvalue weighted by molar-refractivity contribution is 0.394. The molecule has 1 saturated heterocycles. The van der Waals surface area contributed by atoms with Crippen molar-refractivity contribution in [2.75, 3.05) is 31.6 Å². The van der Waals surface area contributed by atoms with Crippen LogP contribution in [0.5, 0.6) is 5.75 Å². The van der Waals surface area contributed by atoms with E-state index in [-0.39, 0.29) is 5.82 Å². The van der Waals surface area contributed by atoms with Crippen molar-refractivity contribution in [1.82, 2.24) is 0 Å². The van der Waals surface area contributed by atoms with Crippen LogP contribution in [0.3, 0.4) is 0 Å². The molecule has 0 aliphatic carbocycles. The lowest BCUT2D eigenvalue weighted by Crippen LogP contribution is -2.36. The van der Waals surface area contributed by atoms with Gasteiger partial charge in [0.2, 0.25) is 0 Å². The molecule has 2 N–H and O–H groups in total. The van der Waals surface area contributed by atoms with Crippen molar-refractivity contribution in [3.8, 4) is 5.75 Å². The summed E-state index contributed by atoms with van der Waals surface area (Å²) in [4.78, 5) is 2.24. The predicted molar refractivity (Wildman–Crippen MR) is 66.9 cm³/mol. The molecule has 0 spiro atoms. The van der Waals surface area contributed by atoms with Gasteiger partial charge in [0.1, 0.15) is 11.6 Å². The van der Waals surface area contributed by atoms with Gasteiger partial charge in [-0.05, 0) is 37.4 Å². The lowest BCUT2D eigenvalue weighted by Gasteiger charge is -2.33. The topological polar surface area (TPSA) is 38.5 Å². The molecule has 0 saturated carbocycles. The van der Waals surface area contributed by atoms with Crippen molar-refractivity contribution in [3.63, 3.8) is 0 Å². The maximum absolute atomic E-state index is 13.1. The molecule has 1 fully saturated rings. The molecule has 0 radical (unpaired) electrons. The Morgan fingerprint density at radius 3 is 2.71 bits per heavy atom. The van der Waals surface area contributed by atoms with E-state index in [0.29, 0.717) is 11.7 Å². The first-order valence-electron chi connectivity index (χ1n) is 6.03. The lowest BCUT2D eigenvalue weighted by atomic mass is 9.96. The molecule has 2 rings (SSSR count).